The summed E-state index contributed by atoms with van der Waals surface area (Å²) in [6.07, 6.45) is 8.29. The van der Waals surface area contributed by atoms with Crippen LogP contribution in [0.2, 0.25) is 0 Å². The van der Waals surface area contributed by atoms with Crippen molar-refractivity contribution in [2.45, 2.75) is 59.3 Å². The first kappa shape index (κ1) is 14.2. The van der Waals surface area contributed by atoms with Crippen molar-refractivity contribution >= 4 is 16.9 Å². The quantitative estimate of drug-likeness (QED) is 0.816. The second kappa shape index (κ2) is 5.85. The second-order valence-corrected chi connectivity index (χ2v) is 8.17. The van der Waals surface area contributed by atoms with E-state index in [1.54, 1.807) is 0 Å². The third kappa shape index (κ3) is 4.18. The smallest absolute Gasteiger partial charge is 0.156 e. The molecule has 0 saturated heterocycles. The highest BCUT2D eigenvalue weighted by atomic mass is 32.2. The first-order valence-electron chi connectivity index (χ1n) is 7.40. The first-order chi connectivity index (χ1) is 8.49. The fourth-order valence-corrected chi connectivity index (χ4v) is 3.99. The molecule has 0 amide bonds. The molecule has 1 aliphatic heterocycles. The van der Waals surface area contributed by atoms with Gasteiger partial charge >= 0.3 is 0 Å². The minimum Gasteiger partial charge on any atom is -0.365 e. The molecule has 104 valence electrons. The van der Waals surface area contributed by atoms with Crippen molar-refractivity contribution in [2.75, 3.05) is 18.8 Å². The van der Waals surface area contributed by atoms with E-state index < -0.39 is 0 Å². The molecule has 1 saturated carbocycles. The van der Waals surface area contributed by atoms with E-state index in [1.165, 1.54) is 49.4 Å². The monoisotopic (exact) mass is 268 g/mol. The van der Waals surface area contributed by atoms with Crippen molar-refractivity contribution in [2.24, 2.45) is 15.8 Å². The molecule has 1 spiro atoms. The molecule has 18 heavy (non-hydrogen) atoms. The van der Waals surface area contributed by atoms with Crippen LogP contribution >= 0.6 is 11.8 Å². The van der Waals surface area contributed by atoms with Crippen molar-refractivity contribution in [3.8, 4) is 0 Å². The average molecular weight is 268 g/mol. The zero-order valence-corrected chi connectivity index (χ0v) is 13.0. The van der Waals surface area contributed by atoms with Gasteiger partial charge in [0.1, 0.15) is 0 Å². The lowest BCUT2D eigenvalue weighted by molar-refractivity contribution is 0.232. The molecule has 1 N–H and O–H groups in total. The number of aliphatic imine (C=N–C) groups is 1. The van der Waals surface area contributed by atoms with Gasteiger partial charge in [-0.25, -0.2) is 0 Å². The SMILES string of the molecule is CC(C)(C)CCNC1=NCC2(CCCCC2)CS1. The molecule has 3 heteroatoms. The van der Waals surface area contributed by atoms with E-state index in [0.717, 1.165) is 13.1 Å². The molecule has 1 fully saturated rings. The maximum Gasteiger partial charge on any atom is 0.156 e. The van der Waals surface area contributed by atoms with Crippen molar-refractivity contribution in [1.29, 1.82) is 0 Å². The molecule has 2 aliphatic rings. The highest BCUT2D eigenvalue weighted by molar-refractivity contribution is 8.13. The van der Waals surface area contributed by atoms with Crippen LogP contribution < -0.4 is 5.32 Å². The zero-order valence-electron chi connectivity index (χ0n) is 12.2. The number of amidine groups is 1. The summed E-state index contributed by atoms with van der Waals surface area (Å²) >= 11 is 1.96. The van der Waals surface area contributed by atoms with Gasteiger partial charge in [-0.05, 0) is 30.1 Å². The van der Waals surface area contributed by atoms with E-state index in [9.17, 15) is 0 Å². The highest BCUT2D eigenvalue weighted by Crippen LogP contribution is 2.41. The Morgan fingerprint density at radius 1 is 1.22 bits per heavy atom. The van der Waals surface area contributed by atoms with Gasteiger partial charge in [-0.3, -0.25) is 4.99 Å². The van der Waals surface area contributed by atoms with Crippen molar-refractivity contribution in [1.82, 2.24) is 5.32 Å². The van der Waals surface area contributed by atoms with Crippen LogP contribution in [0.1, 0.15) is 59.3 Å². The van der Waals surface area contributed by atoms with E-state index in [-0.39, 0.29) is 0 Å². The number of thioether (sulfide) groups is 1. The highest BCUT2D eigenvalue weighted by Gasteiger charge is 2.34. The fourth-order valence-electron chi connectivity index (χ4n) is 2.81. The van der Waals surface area contributed by atoms with Crippen molar-refractivity contribution in [3.05, 3.63) is 0 Å². The Hall–Kier alpha value is -0.180. The van der Waals surface area contributed by atoms with Crippen LogP contribution in [0.5, 0.6) is 0 Å². The van der Waals surface area contributed by atoms with E-state index in [4.69, 9.17) is 4.99 Å². The average Bonchev–Trinajstić information content (AvgIpc) is 2.32. The Balaban J connectivity index is 1.76. The van der Waals surface area contributed by atoms with Gasteiger partial charge in [-0.1, -0.05) is 51.8 Å². The molecular formula is C15H28N2S. The largest absolute Gasteiger partial charge is 0.365 e. The van der Waals surface area contributed by atoms with Crippen LogP contribution in [-0.4, -0.2) is 24.0 Å². The topological polar surface area (TPSA) is 24.4 Å². The van der Waals surface area contributed by atoms with Crippen LogP contribution in [0.4, 0.5) is 0 Å². The molecule has 0 radical (unpaired) electrons. The van der Waals surface area contributed by atoms with Gasteiger partial charge in [0.15, 0.2) is 5.17 Å². The second-order valence-electron chi connectivity index (χ2n) is 7.21. The van der Waals surface area contributed by atoms with Crippen LogP contribution in [0, 0.1) is 10.8 Å². The summed E-state index contributed by atoms with van der Waals surface area (Å²) < 4.78 is 0. The summed E-state index contributed by atoms with van der Waals surface area (Å²) in [6.45, 7) is 9.00. The zero-order chi connectivity index (χ0) is 13.1. The van der Waals surface area contributed by atoms with Crippen LogP contribution in [0.3, 0.4) is 0 Å². The number of nitrogens with zero attached hydrogens (tertiary/aromatic N) is 1. The molecule has 2 rings (SSSR count). The lowest BCUT2D eigenvalue weighted by Crippen LogP contribution is -2.37. The van der Waals surface area contributed by atoms with E-state index >= 15 is 0 Å². The Morgan fingerprint density at radius 2 is 1.94 bits per heavy atom. The number of hydrogen-bond acceptors (Lipinski definition) is 3. The summed E-state index contributed by atoms with van der Waals surface area (Å²) in [5, 5.41) is 4.70. The molecule has 0 atom stereocenters. The van der Waals surface area contributed by atoms with Gasteiger partial charge in [0.05, 0.1) is 0 Å². The molecule has 1 heterocycles. The molecule has 0 bridgehead atoms. The molecule has 0 aromatic heterocycles. The lowest BCUT2D eigenvalue weighted by atomic mass is 9.75. The van der Waals surface area contributed by atoms with E-state index in [1.807, 2.05) is 11.8 Å². The number of rotatable bonds is 2. The Kier molecular flexibility index (Phi) is 4.63. The van der Waals surface area contributed by atoms with Gasteiger partial charge in [0.25, 0.3) is 0 Å². The maximum atomic E-state index is 4.79. The molecular weight excluding hydrogens is 240 g/mol. The summed E-state index contributed by atoms with van der Waals surface area (Å²) in [7, 11) is 0. The van der Waals surface area contributed by atoms with Gasteiger partial charge in [-0.2, -0.15) is 0 Å². The van der Waals surface area contributed by atoms with Gasteiger partial charge in [0.2, 0.25) is 0 Å². The third-order valence-corrected chi connectivity index (χ3v) is 5.44. The maximum absolute atomic E-state index is 4.79. The standard InChI is InChI=1S/C15H28N2S/c1-14(2,3)9-10-16-13-17-11-15(12-18-13)7-5-4-6-8-15/h4-12H2,1-3H3,(H,16,17). The van der Waals surface area contributed by atoms with E-state index in [2.05, 4.69) is 26.1 Å². The molecule has 1 aliphatic carbocycles. The number of hydrogen-bond donors (Lipinski definition) is 1. The predicted octanol–water partition coefficient (Wildman–Crippen LogP) is 4.07. The Bertz CT molecular complexity index is 298. The summed E-state index contributed by atoms with van der Waals surface area (Å²) in [6, 6.07) is 0. The van der Waals surface area contributed by atoms with Crippen molar-refractivity contribution in [3.63, 3.8) is 0 Å². The van der Waals surface area contributed by atoms with E-state index in [0.29, 0.717) is 10.8 Å². The Morgan fingerprint density at radius 3 is 2.50 bits per heavy atom. The van der Waals surface area contributed by atoms with Crippen LogP contribution in [-0.2, 0) is 0 Å². The Labute approximate surface area is 116 Å². The normalized spacial score (nSPS) is 23.8. The molecule has 0 aromatic rings. The minimum absolute atomic E-state index is 0.414. The fraction of sp³-hybridized carbons (Fsp3) is 0.933. The minimum atomic E-state index is 0.414. The van der Waals surface area contributed by atoms with Gasteiger partial charge in [-0.15, -0.1) is 0 Å². The summed E-state index contributed by atoms with van der Waals surface area (Å²) in [5.41, 5.74) is 0.968. The summed E-state index contributed by atoms with van der Waals surface area (Å²) in [5.74, 6) is 1.29. The lowest BCUT2D eigenvalue weighted by Gasteiger charge is -2.38. The molecule has 2 nitrogen and oxygen atoms in total. The summed E-state index contributed by atoms with van der Waals surface area (Å²) in [4.78, 5) is 4.79. The van der Waals surface area contributed by atoms with Gasteiger partial charge in [0, 0.05) is 18.8 Å². The van der Waals surface area contributed by atoms with Crippen molar-refractivity contribution < 1.29 is 0 Å². The molecule has 0 unspecified atom stereocenters. The molecule has 0 aromatic carbocycles. The van der Waals surface area contributed by atoms with Crippen LogP contribution in [0.25, 0.3) is 0 Å². The van der Waals surface area contributed by atoms with Crippen LogP contribution in [0.15, 0.2) is 4.99 Å². The third-order valence-electron chi connectivity index (χ3n) is 4.14. The first-order valence-corrected chi connectivity index (χ1v) is 8.39. The van der Waals surface area contributed by atoms with Gasteiger partial charge < -0.3 is 5.32 Å². The number of nitrogens with one attached hydrogen (secondary N) is 1. The predicted molar refractivity (Wildman–Crippen MR) is 82.4 cm³/mol.